The molecule has 18 heavy (non-hydrogen) atoms. The summed E-state index contributed by atoms with van der Waals surface area (Å²) in [5.41, 5.74) is 0.451. The van der Waals surface area contributed by atoms with Gasteiger partial charge in [-0.1, -0.05) is 35.0 Å². The summed E-state index contributed by atoms with van der Waals surface area (Å²) in [7, 11) is 0. The molecular weight excluding hydrogens is 289 g/mol. The van der Waals surface area contributed by atoms with E-state index in [-0.39, 0.29) is 0 Å². The van der Waals surface area contributed by atoms with E-state index in [1.54, 1.807) is 25.3 Å². The Balaban J connectivity index is 2.29. The zero-order valence-electron chi connectivity index (χ0n) is 9.32. The highest BCUT2D eigenvalue weighted by Gasteiger charge is 2.07. The van der Waals surface area contributed by atoms with Crippen molar-refractivity contribution in [3.63, 3.8) is 0 Å². The molecule has 6 heteroatoms. The van der Waals surface area contributed by atoms with Crippen LogP contribution in [0.4, 0.5) is 0 Å². The molecule has 0 spiro atoms. The molecule has 0 N–H and O–H groups in total. The number of hydrogen-bond donors (Lipinski definition) is 0. The Hall–Kier alpha value is -1.28. The second-order valence-electron chi connectivity index (χ2n) is 3.43. The lowest BCUT2D eigenvalue weighted by atomic mass is 10.2. The average Bonchev–Trinajstić information content (AvgIpc) is 2.33. The summed E-state index contributed by atoms with van der Waals surface area (Å²) in [5.74, 6) is 0.627. The number of aryl methyl sites for hydroxylation is 1. The number of nitrogens with zero attached hydrogens (tertiary/aromatic N) is 3. The first kappa shape index (κ1) is 13.2. The van der Waals surface area contributed by atoms with E-state index in [1.807, 2.05) is 12.1 Å². The lowest BCUT2D eigenvalue weighted by Crippen LogP contribution is -1.89. The lowest BCUT2D eigenvalue weighted by molar-refractivity contribution is 1.01. The van der Waals surface area contributed by atoms with Gasteiger partial charge < -0.3 is 0 Å². The number of halogens is 2. The molecule has 2 aromatic rings. The number of benzene rings is 1. The third-order valence-electron chi connectivity index (χ3n) is 2.12. The maximum absolute atomic E-state index is 8.79. The third kappa shape index (κ3) is 2.94. The number of rotatable bonds is 2. The molecule has 90 valence electrons. The Morgan fingerprint density at radius 3 is 2.72 bits per heavy atom. The van der Waals surface area contributed by atoms with Crippen molar-refractivity contribution < 1.29 is 0 Å². The largest absolute Gasteiger partial charge is 0.240 e. The first-order valence-electron chi connectivity index (χ1n) is 4.97. The van der Waals surface area contributed by atoms with Crippen LogP contribution in [-0.4, -0.2) is 9.97 Å². The summed E-state index contributed by atoms with van der Waals surface area (Å²) < 4.78 is 0. The first-order chi connectivity index (χ1) is 8.60. The molecule has 0 bridgehead atoms. The SMILES string of the molecule is Cc1ncc(Sc2ccc(C#N)c(Cl)c2)c(Cl)n1. The second-order valence-corrected chi connectivity index (χ2v) is 5.31. The van der Waals surface area contributed by atoms with Gasteiger partial charge in [0.05, 0.1) is 15.5 Å². The van der Waals surface area contributed by atoms with Gasteiger partial charge in [-0.2, -0.15) is 5.26 Å². The summed E-state index contributed by atoms with van der Waals surface area (Å²) in [4.78, 5) is 9.80. The van der Waals surface area contributed by atoms with Crippen LogP contribution in [0.5, 0.6) is 0 Å². The van der Waals surface area contributed by atoms with Gasteiger partial charge >= 0.3 is 0 Å². The van der Waals surface area contributed by atoms with Crippen LogP contribution in [0.3, 0.4) is 0 Å². The van der Waals surface area contributed by atoms with E-state index < -0.39 is 0 Å². The van der Waals surface area contributed by atoms with Gasteiger partial charge in [0.15, 0.2) is 0 Å². The van der Waals surface area contributed by atoms with Crippen LogP contribution in [0.2, 0.25) is 10.2 Å². The molecule has 0 saturated carbocycles. The quantitative estimate of drug-likeness (QED) is 0.782. The molecule has 0 fully saturated rings. The van der Waals surface area contributed by atoms with E-state index in [2.05, 4.69) is 9.97 Å². The van der Waals surface area contributed by atoms with Crippen molar-refractivity contribution in [1.82, 2.24) is 9.97 Å². The van der Waals surface area contributed by atoms with Gasteiger partial charge in [0.25, 0.3) is 0 Å². The molecule has 3 nitrogen and oxygen atoms in total. The molecule has 1 heterocycles. The highest BCUT2D eigenvalue weighted by Crippen LogP contribution is 2.33. The predicted molar refractivity (Wildman–Crippen MR) is 72.1 cm³/mol. The Labute approximate surface area is 119 Å². The fourth-order valence-corrected chi connectivity index (χ4v) is 2.65. The number of nitriles is 1. The molecule has 1 aromatic carbocycles. The highest BCUT2D eigenvalue weighted by atomic mass is 35.5. The van der Waals surface area contributed by atoms with Crippen LogP contribution in [0, 0.1) is 18.3 Å². The van der Waals surface area contributed by atoms with Crippen LogP contribution < -0.4 is 0 Å². The second kappa shape index (κ2) is 5.57. The Morgan fingerprint density at radius 2 is 2.11 bits per heavy atom. The Morgan fingerprint density at radius 1 is 1.33 bits per heavy atom. The molecule has 0 aliphatic heterocycles. The average molecular weight is 296 g/mol. The number of aromatic nitrogens is 2. The minimum Gasteiger partial charge on any atom is -0.240 e. The van der Waals surface area contributed by atoms with Crippen molar-refractivity contribution in [3.05, 3.63) is 46.0 Å². The molecule has 0 unspecified atom stereocenters. The minimum atomic E-state index is 0.410. The van der Waals surface area contributed by atoms with E-state index in [0.29, 0.717) is 21.6 Å². The normalized spacial score (nSPS) is 10.1. The maximum Gasteiger partial charge on any atom is 0.146 e. The maximum atomic E-state index is 8.79. The monoisotopic (exact) mass is 295 g/mol. The van der Waals surface area contributed by atoms with Crippen LogP contribution >= 0.6 is 35.0 Å². The first-order valence-corrected chi connectivity index (χ1v) is 6.54. The van der Waals surface area contributed by atoms with Crippen molar-refractivity contribution in [1.29, 1.82) is 5.26 Å². The molecule has 0 aliphatic carbocycles. The van der Waals surface area contributed by atoms with Gasteiger partial charge in [-0.15, -0.1) is 0 Å². The Bertz CT molecular complexity index is 638. The fourth-order valence-electron chi connectivity index (χ4n) is 1.28. The standard InChI is InChI=1S/C12H7Cl2N3S/c1-7-16-6-11(12(14)17-7)18-9-3-2-8(5-15)10(13)4-9/h2-4,6H,1H3. The molecule has 0 aliphatic rings. The van der Waals surface area contributed by atoms with Crippen molar-refractivity contribution in [2.45, 2.75) is 16.7 Å². The topological polar surface area (TPSA) is 49.6 Å². The summed E-state index contributed by atoms with van der Waals surface area (Å²) in [6.45, 7) is 1.78. The molecular formula is C12H7Cl2N3S. The van der Waals surface area contributed by atoms with Gasteiger partial charge in [-0.25, -0.2) is 9.97 Å². The van der Waals surface area contributed by atoms with Crippen molar-refractivity contribution in [2.75, 3.05) is 0 Å². The summed E-state index contributed by atoms with van der Waals surface area (Å²) in [5, 5.41) is 9.62. The zero-order valence-corrected chi connectivity index (χ0v) is 11.6. The molecule has 0 atom stereocenters. The molecule has 0 amide bonds. The van der Waals surface area contributed by atoms with Crippen LogP contribution in [0.15, 0.2) is 34.2 Å². The van der Waals surface area contributed by atoms with Gasteiger partial charge in [0.1, 0.15) is 17.0 Å². The van der Waals surface area contributed by atoms with Crippen molar-refractivity contribution in [3.8, 4) is 6.07 Å². The van der Waals surface area contributed by atoms with E-state index in [1.165, 1.54) is 11.8 Å². The summed E-state index contributed by atoms with van der Waals surface area (Å²) in [6, 6.07) is 7.22. The van der Waals surface area contributed by atoms with Crippen LogP contribution in [0.25, 0.3) is 0 Å². The van der Waals surface area contributed by atoms with Crippen LogP contribution in [0.1, 0.15) is 11.4 Å². The van der Waals surface area contributed by atoms with E-state index in [4.69, 9.17) is 28.5 Å². The third-order valence-corrected chi connectivity index (χ3v) is 3.84. The van der Waals surface area contributed by atoms with E-state index in [0.717, 1.165) is 9.79 Å². The number of hydrogen-bond acceptors (Lipinski definition) is 4. The summed E-state index contributed by atoms with van der Waals surface area (Å²) >= 11 is 13.4. The Kier molecular flexibility index (Phi) is 4.07. The van der Waals surface area contributed by atoms with E-state index >= 15 is 0 Å². The predicted octanol–water partition coefficient (Wildman–Crippen LogP) is 4.11. The van der Waals surface area contributed by atoms with Crippen molar-refractivity contribution in [2.24, 2.45) is 0 Å². The molecule has 0 radical (unpaired) electrons. The van der Waals surface area contributed by atoms with Crippen molar-refractivity contribution >= 4 is 35.0 Å². The smallest absolute Gasteiger partial charge is 0.146 e. The molecule has 2 rings (SSSR count). The summed E-state index contributed by atoms with van der Waals surface area (Å²) in [6.07, 6.45) is 1.67. The van der Waals surface area contributed by atoms with Gasteiger partial charge in [-0.3, -0.25) is 0 Å². The fraction of sp³-hybridized carbons (Fsp3) is 0.0833. The van der Waals surface area contributed by atoms with E-state index in [9.17, 15) is 0 Å². The zero-order chi connectivity index (χ0) is 13.1. The lowest BCUT2D eigenvalue weighted by Gasteiger charge is -2.04. The molecule has 1 aromatic heterocycles. The minimum absolute atomic E-state index is 0.410. The van der Waals surface area contributed by atoms with Gasteiger partial charge in [0, 0.05) is 11.1 Å². The van der Waals surface area contributed by atoms with Gasteiger partial charge in [0.2, 0.25) is 0 Å². The molecule has 0 saturated heterocycles. The van der Waals surface area contributed by atoms with Crippen LogP contribution in [-0.2, 0) is 0 Å². The van der Waals surface area contributed by atoms with Gasteiger partial charge in [-0.05, 0) is 25.1 Å². The highest BCUT2D eigenvalue weighted by molar-refractivity contribution is 7.99.